The lowest BCUT2D eigenvalue weighted by Gasteiger charge is -2.14. The third-order valence-corrected chi connectivity index (χ3v) is 11.3. The maximum atomic E-state index is 13.2. The fraction of sp³-hybridized carbons (Fsp3) is 0.375. The predicted molar refractivity (Wildman–Crippen MR) is 214 cm³/mol. The highest BCUT2D eigenvalue weighted by Crippen LogP contribution is 2.35. The Labute approximate surface area is 332 Å². The molecule has 3 heterocycles. The first kappa shape index (κ1) is 40.7. The first-order valence-corrected chi connectivity index (χ1v) is 20.4. The van der Waals surface area contributed by atoms with Crippen LogP contribution < -0.4 is 20.1 Å². The second kappa shape index (κ2) is 18.3. The van der Waals surface area contributed by atoms with E-state index in [-0.39, 0.29) is 23.8 Å². The van der Waals surface area contributed by atoms with Crippen LogP contribution in [-0.4, -0.2) is 86.5 Å². The summed E-state index contributed by atoms with van der Waals surface area (Å²) in [7, 11) is -2.10. The number of ether oxygens (including phenoxy) is 2. The summed E-state index contributed by atoms with van der Waals surface area (Å²) < 4.78 is 47.4. The zero-order valence-electron chi connectivity index (χ0n) is 32.2. The summed E-state index contributed by atoms with van der Waals surface area (Å²) in [6, 6.07) is 18.0. The number of hydrogen-bond donors (Lipinski definition) is 3. The number of benzene rings is 3. The topological polar surface area (TPSA) is 175 Å². The smallest absolute Gasteiger partial charge is 0.240 e. The SMILES string of the molecule is COc1ccc2c(c1)C(c1ccc(Cl)cc1)=NC(CC(=O)NCCNCCCOCCCNS(=O)(=O)c1cc(-c3c(C)noc3C)ccc1C)c1nnc(C)n1-2. The van der Waals surface area contributed by atoms with Gasteiger partial charge in [0.25, 0.3) is 0 Å². The number of carbonyl (C=O) groups excluding carboxylic acids is 1. The number of rotatable bonds is 18. The van der Waals surface area contributed by atoms with Crippen molar-refractivity contribution in [3.63, 3.8) is 0 Å². The molecule has 0 fully saturated rings. The minimum Gasteiger partial charge on any atom is -0.497 e. The molecule has 3 N–H and O–H groups in total. The normalized spacial score (nSPS) is 13.8. The van der Waals surface area contributed by atoms with Crippen LogP contribution in [0.4, 0.5) is 0 Å². The monoisotopic (exact) mass is 802 g/mol. The van der Waals surface area contributed by atoms with Crippen molar-refractivity contribution >= 4 is 33.2 Å². The van der Waals surface area contributed by atoms with E-state index in [0.717, 1.165) is 34.4 Å². The highest BCUT2D eigenvalue weighted by atomic mass is 35.5. The summed E-state index contributed by atoms with van der Waals surface area (Å²) in [4.78, 5) is 18.6. The first-order valence-electron chi connectivity index (χ1n) is 18.5. The molecule has 5 aromatic rings. The molecule has 16 heteroatoms. The van der Waals surface area contributed by atoms with Gasteiger partial charge in [-0.15, -0.1) is 10.2 Å². The molecule has 6 rings (SSSR count). The second-order valence-corrected chi connectivity index (χ2v) is 15.7. The summed E-state index contributed by atoms with van der Waals surface area (Å²) in [5.74, 6) is 2.42. The summed E-state index contributed by atoms with van der Waals surface area (Å²) in [6.45, 7) is 10.2. The van der Waals surface area contributed by atoms with Crippen molar-refractivity contribution in [2.75, 3.05) is 46.5 Å². The van der Waals surface area contributed by atoms with Gasteiger partial charge in [0.05, 0.1) is 35.5 Å². The van der Waals surface area contributed by atoms with Crippen LogP contribution in [0.3, 0.4) is 0 Å². The van der Waals surface area contributed by atoms with Crippen LogP contribution in [-0.2, 0) is 19.6 Å². The minimum absolute atomic E-state index is 0.0821. The average molecular weight is 803 g/mol. The molecule has 0 radical (unpaired) electrons. The van der Waals surface area contributed by atoms with Crippen molar-refractivity contribution in [3.05, 3.63) is 105 Å². The van der Waals surface area contributed by atoms with Crippen LogP contribution >= 0.6 is 11.6 Å². The molecule has 1 atom stereocenters. The number of aromatic nitrogens is 4. The predicted octanol–water partition coefficient (Wildman–Crippen LogP) is 5.58. The van der Waals surface area contributed by atoms with E-state index >= 15 is 0 Å². The van der Waals surface area contributed by atoms with Gasteiger partial charge in [0.1, 0.15) is 23.4 Å². The third-order valence-electron chi connectivity index (χ3n) is 9.45. The Hall–Kier alpha value is -4.93. The minimum atomic E-state index is -3.72. The van der Waals surface area contributed by atoms with Gasteiger partial charge in [-0.2, -0.15) is 0 Å². The molecule has 14 nitrogen and oxygen atoms in total. The van der Waals surface area contributed by atoms with Gasteiger partial charge in [-0.1, -0.05) is 41.0 Å². The number of methoxy groups -OCH3 is 1. The molecule has 1 amide bonds. The average Bonchev–Trinajstić information content (AvgIpc) is 3.69. The Balaban J connectivity index is 0.921. The molecule has 56 heavy (non-hydrogen) atoms. The fourth-order valence-corrected chi connectivity index (χ4v) is 8.11. The lowest BCUT2D eigenvalue weighted by atomic mass is 10.00. The number of hydrogen-bond acceptors (Lipinski definition) is 11. The zero-order valence-corrected chi connectivity index (χ0v) is 33.8. The zero-order chi connectivity index (χ0) is 39.8. The Morgan fingerprint density at radius 2 is 1.66 bits per heavy atom. The molecule has 296 valence electrons. The van der Waals surface area contributed by atoms with Crippen molar-refractivity contribution in [2.45, 2.75) is 57.9 Å². The van der Waals surface area contributed by atoms with Crippen LogP contribution in [0.1, 0.15) is 65.1 Å². The van der Waals surface area contributed by atoms with E-state index in [1.807, 2.05) is 66.9 Å². The number of fused-ring (bicyclic) bond motifs is 3. The van der Waals surface area contributed by atoms with Crippen molar-refractivity contribution in [3.8, 4) is 22.6 Å². The lowest BCUT2D eigenvalue weighted by molar-refractivity contribution is -0.121. The largest absolute Gasteiger partial charge is 0.497 e. The maximum absolute atomic E-state index is 13.2. The van der Waals surface area contributed by atoms with E-state index in [0.29, 0.717) is 84.4 Å². The molecule has 0 saturated carbocycles. The molecule has 3 aromatic carbocycles. The Morgan fingerprint density at radius 3 is 2.39 bits per heavy atom. The van der Waals surface area contributed by atoms with Gasteiger partial charge in [-0.3, -0.25) is 14.4 Å². The number of amides is 1. The van der Waals surface area contributed by atoms with Crippen molar-refractivity contribution < 1.29 is 27.2 Å². The first-order chi connectivity index (χ1) is 27.0. The number of halogens is 1. The van der Waals surface area contributed by atoms with Crippen molar-refractivity contribution in [1.82, 2.24) is 35.3 Å². The van der Waals surface area contributed by atoms with Crippen molar-refractivity contribution in [2.24, 2.45) is 4.99 Å². The summed E-state index contributed by atoms with van der Waals surface area (Å²) in [6.07, 6.45) is 1.38. The van der Waals surface area contributed by atoms with E-state index in [9.17, 15) is 13.2 Å². The van der Waals surface area contributed by atoms with E-state index in [1.54, 1.807) is 33.1 Å². The number of nitrogens with one attached hydrogen (secondary N) is 3. The highest BCUT2D eigenvalue weighted by molar-refractivity contribution is 7.89. The molecule has 0 aliphatic carbocycles. The Kier molecular flexibility index (Phi) is 13.3. The molecule has 0 spiro atoms. The Morgan fingerprint density at radius 1 is 0.911 bits per heavy atom. The molecular weight excluding hydrogens is 756 g/mol. The molecule has 1 aliphatic heterocycles. The van der Waals surface area contributed by atoms with Crippen molar-refractivity contribution in [1.29, 1.82) is 0 Å². The van der Waals surface area contributed by atoms with Crippen LogP contribution in [0.25, 0.3) is 16.8 Å². The summed E-state index contributed by atoms with van der Waals surface area (Å²) >= 11 is 6.21. The number of carbonyl (C=O) groups is 1. The van der Waals surface area contributed by atoms with Crippen LogP contribution in [0.5, 0.6) is 5.75 Å². The third kappa shape index (κ3) is 9.53. The number of aliphatic imine (C=N–C) groups is 1. The van der Waals surface area contributed by atoms with E-state index < -0.39 is 16.1 Å². The van der Waals surface area contributed by atoms with Crippen LogP contribution in [0.2, 0.25) is 5.02 Å². The fourth-order valence-electron chi connectivity index (χ4n) is 6.64. The van der Waals surface area contributed by atoms with Crippen LogP contribution in [0, 0.1) is 27.7 Å². The molecule has 2 aromatic heterocycles. The number of nitrogens with zero attached hydrogens (tertiary/aromatic N) is 5. The summed E-state index contributed by atoms with van der Waals surface area (Å²) in [5, 5.41) is 19.7. The van der Waals surface area contributed by atoms with Gasteiger partial charge in [0.2, 0.25) is 15.9 Å². The van der Waals surface area contributed by atoms with Gasteiger partial charge >= 0.3 is 0 Å². The standard InChI is InChI=1S/C40H47ClN8O6S/c1-25-8-9-30(38-26(2)48-55-27(38)3)22-36(25)56(51,52)44-17-7-21-54-20-6-16-42-18-19-43-37(50)24-34-40-47-46-28(4)49(40)35-15-14-32(53-5)23-33(35)39(45-34)29-10-12-31(41)13-11-29/h8-15,22-23,34,42,44H,6-7,16-21,24H2,1-5H3,(H,43,50). The molecular formula is C40H47ClN8O6S. The van der Waals surface area contributed by atoms with Gasteiger partial charge in [-0.25, -0.2) is 13.1 Å². The number of sulfonamides is 1. The molecule has 0 saturated heterocycles. The molecule has 1 unspecified atom stereocenters. The van der Waals surface area contributed by atoms with E-state index in [2.05, 4.69) is 30.7 Å². The van der Waals surface area contributed by atoms with E-state index in [4.69, 9.17) is 30.6 Å². The molecule has 0 bridgehead atoms. The highest BCUT2D eigenvalue weighted by Gasteiger charge is 2.30. The van der Waals surface area contributed by atoms with Gasteiger partial charge in [0.15, 0.2) is 5.82 Å². The Bertz CT molecular complexity index is 2290. The van der Waals surface area contributed by atoms with Gasteiger partial charge in [-0.05, 0) is 94.6 Å². The maximum Gasteiger partial charge on any atom is 0.240 e. The second-order valence-electron chi connectivity index (χ2n) is 13.5. The molecule has 1 aliphatic rings. The van der Waals surface area contributed by atoms with E-state index in [1.165, 1.54) is 0 Å². The summed E-state index contributed by atoms with van der Waals surface area (Å²) in [5.41, 5.74) is 6.15. The van der Waals surface area contributed by atoms with Crippen LogP contribution in [0.15, 0.2) is 75.1 Å². The lowest BCUT2D eigenvalue weighted by Crippen LogP contribution is -2.33. The van der Waals surface area contributed by atoms with Gasteiger partial charge in [0, 0.05) is 54.6 Å². The van der Waals surface area contributed by atoms with Gasteiger partial charge < -0.3 is 24.6 Å². The number of aryl methyl sites for hydroxylation is 4. The quantitative estimate of drug-likeness (QED) is 0.0949.